The lowest BCUT2D eigenvalue weighted by Crippen LogP contribution is -2.27. The molecule has 0 unspecified atom stereocenters. The SMILES string of the molecule is Cc1cc(-c2cnc(N)c(C)n2)cc2c1CCN(C)C2. The van der Waals surface area contributed by atoms with Gasteiger partial charge in [-0.25, -0.2) is 9.97 Å². The van der Waals surface area contributed by atoms with E-state index >= 15 is 0 Å². The molecular weight excluding hydrogens is 248 g/mol. The minimum Gasteiger partial charge on any atom is -0.382 e. The number of hydrogen-bond donors (Lipinski definition) is 1. The van der Waals surface area contributed by atoms with Crippen LogP contribution in [0.3, 0.4) is 0 Å². The Morgan fingerprint density at radius 2 is 2.05 bits per heavy atom. The van der Waals surface area contributed by atoms with Crippen LogP contribution in [0.15, 0.2) is 18.3 Å². The number of aryl methyl sites for hydroxylation is 2. The molecule has 0 bridgehead atoms. The molecule has 20 heavy (non-hydrogen) atoms. The van der Waals surface area contributed by atoms with E-state index in [1.54, 1.807) is 6.20 Å². The third-order valence-electron chi connectivity index (χ3n) is 4.03. The van der Waals surface area contributed by atoms with Crippen LogP contribution in [0.1, 0.15) is 22.4 Å². The summed E-state index contributed by atoms with van der Waals surface area (Å²) in [5.41, 5.74) is 12.8. The van der Waals surface area contributed by atoms with Crippen LogP contribution in [0.5, 0.6) is 0 Å². The summed E-state index contributed by atoms with van der Waals surface area (Å²) >= 11 is 0. The number of nitrogens with two attached hydrogens (primary N) is 1. The molecule has 0 fully saturated rings. The van der Waals surface area contributed by atoms with Crippen LogP contribution in [0, 0.1) is 13.8 Å². The summed E-state index contributed by atoms with van der Waals surface area (Å²) < 4.78 is 0. The zero-order valence-corrected chi connectivity index (χ0v) is 12.3. The second-order valence-corrected chi connectivity index (χ2v) is 5.64. The zero-order chi connectivity index (χ0) is 14.3. The molecule has 0 amide bonds. The minimum atomic E-state index is 0.503. The quantitative estimate of drug-likeness (QED) is 0.862. The number of benzene rings is 1. The van der Waals surface area contributed by atoms with Crippen LogP contribution in [0.25, 0.3) is 11.3 Å². The number of fused-ring (bicyclic) bond motifs is 1. The Morgan fingerprint density at radius 1 is 1.25 bits per heavy atom. The monoisotopic (exact) mass is 268 g/mol. The van der Waals surface area contributed by atoms with Gasteiger partial charge in [0.15, 0.2) is 0 Å². The summed E-state index contributed by atoms with van der Waals surface area (Å²) in [6, 6.07) is 4.46. The molecule has 104 valence electrons. The Kier molecular flexibility index (Phi) is 3.18. The van der Waals surface area contributed by atoms with Gasteiger partial charge in [-0.3, -0.25) is 0 Å². The first kappa shape index (κ1) is 13.1. The van der Waals surface area contributed by atoms with Gasteiger partial charge in [0.1, 0.15) is 5.82 Å². The van der Waals surface area contributed by atoms with E-state index in [0.29, 0.717) is 5.82 Å². The second-order valence-electron chi connectivity index (χ2n) is 5.64. The molecular formula is C16H20N4. The molecule has 4 nitrogen and oxygen atoms in total. The Labute approximate surface area is 119 Å². The van der Waals surface area contributed by atoms with E-state index < -0.39 is 0 Å². The topological polar surface area (TPSA) is 55.0 Å². The van der Waals surface area contributed by atoms with Crippen molar-refractivity contribution < 1.29 is 0 Å². The number of rotatable bonds is 1. The maximum absolute atomic E-state index is 5.75. The van der Waals surface area contributed by atoms with E-state index in [-0.39, 0.29) is 0 Å². The first-order valence-corrected chi connectivity index (χ1v) is 6.95. The van der Waals surface area contributed by atoms with Gasteiger partial charge in [0, 0.05) is 18.7 Å². The normalized spacial score (nSPS) is 15.2. The van der Waals surface area contributed by atoms with Crippen LogP contribution in [-0.2, 0) is 13.0 Å². The van der Waals surface area contributed by atoms with Crippen molar-refractivity contribution in [1.82, 2.24) is 14.9 Å². The second kappa shape index (κ2) is 4.87. The van der Waals surface area contributed by atoms with Crippen molar-refractivity contribution >= 4 is 5.82 Å². The number of nitrogen functional groups attached to an aromatic ring is 1. The fraction of sp³-hybridized carbons (Fsp3) is 0.375. The lowest BCUT2D eigenvalue weighted by atomic mass is 9.92. The predicted molar refractivity (Wildman–Crippen MR) is 81.4 cm³/mol. The third-order valence-corrected chi connectivity index (χ3v) is 4.03. The summed E-state index contributed by atoms with van der Waals surface area (Å²) in [7, 11) is 2.16. The van der Waals surface area contributed by atoms with Crippen molar-refractivity contribution in [1.29, 1.82) is 0 Å². The summed E-state index contributed by atoms with van der Waals surface area (Å²) in [5, 5.41) is 0. The highest BCUT2D eigenvalue weighted by atomic mass is 15.1. The van der Waals surface area contributed by atoms with Crippen molar-refractivity contribution in [2.45, 2.75) is 26.8 Å². The van der Waals surface area contributed by atoms with Gasteiger partial charge in [0.25, 0.3) is 0 Å². The number of nitrogens with zero attached hydrogens (tertiary/aromatic N) is 3. The van der Waals surface area contributed by atoms with E-state index in [1.165, 1.54) is 16.7 Å². The summed E-state index contributed by atoms with van der Waals surface area (Å²) in [6.45, 7) is 6.22. The fourth-order valence-corrected chi connectivity index (χ4v) is 2.84. The number of likely N-dealkylation sites (N-methyl/N-ethyl adjacent to an activating group) is 1. The van der Waals surface area contributed by atoms with Crippen molar-refractivity contribution in [3.8, 4) is 11.3 Å². The van der Waals surface area contributed by atoms with Crippen LogP contribution in [0.4, 0.5) is 5.82 Å². The molecule has 2 aromatic rings. The highest BCUT2D eigenvalue weighted by molar-refractivity contribution is 5.63. The van der Waals surface area contributed by atoms with Crippen molar-refractivity contribution in [3.63, 3.8) is 0 Å². The number of aromatic nitrogens is 2. The van der Waals surface area contributed by atoms with Crippen LogP contribution < -0.4 is 5.73 Å². The molecule has 0 radical (unpaired) electrons. The van der Waals surface area contributed by atoms with Gasteiger partial charge < -0.3 is 10.6 Å². The van der Waals surface area contributed by atoms with E-state index in [0.717, 1.165) is 36.5 Å². The largest absolute Gasteiger partial charge is 0.382 e. The highest BCUT2D eigenvalue weighted by Crippen LogP contribution is 2.28. The maximum Gasteiger partial charge on any atom is 0.144 e. The molecule has 3 rings (SSSR count). The molecule has 1 aliphatic heterocycles. The first-order valence-electron chi connectivity index (χ1n) is 6.95. The predicted octanol–water partition coefficient (Wildman–Crippen LogP) is 2.33. The third kappa shape index (κ3) is 2.27. The molecule has 0 spiro atoms. The van der Waals surface area contributed by atoms with Crippen LogP contribution in [0.2, 0.25) is 0 Å². The molecule has 1 aromatic heterocycles. The molecule has 4 heteroatoms. The Balaban J connectivity index is 2.08. The van der Waals surface area contributed by atoms with E-state index in [9.17, 15) is 0 Å². The molecule has 0 aliphatic carbocycles. The molecule has 2 heterocycles. The van der Waals surface area contributed by atoms with Gasteiger partial charge in [-0.2, -0.15) is 0 Å². The van der Waals surface area contributed by atoms with Gasteiger partial charge in [0.05, 0.1) is 17.6 Å². The smallest absolute Gasteiger partial charge is 0.144 e. The number of anilines is 1. The maximum atomic E-state index is 5.75. The lowest BCUT2D eigenvalue weighted by Gasteiger charge is -2.27. The summed E-state index contributed by atoms with van der Waals surface area (Å²) in [4.78, 5) is 11.1. The average Bonchev–Trinajstić information content (AvgIpc) is 2.41. The average molecular weight is 268 g/mol. The van der Waals surface area contributed by atoms with Crippen LogP contribution in [-0.4, -0.2) is 28.5 Å². The lowest BCUT2D eigenvalue weighted by molar-refractivity contribution is 0.312. The summed E-state index contributed by atoms with van der Waals surface area (Å²) in [5.74, 6) is 0.503. The molecule has 0 atom stereocenters. The Morgan fingerprint density at radius 3 is 2.80 bits per heavy atom. The molecule has 1 aliphatic rings. The standard InChI is InChI=1S/C16H20N4/c1-10-6-12(15-8-18-16(17)11(2)19-15)7-13-9-20(3)5-4-14(10)13/h6-8H,4-5,9H2,1-3H3,(H2,17,18). The van der Waals surface area contributed by atoms with E-state index in [4.69, 9.17) is 5.73 Å². The first-order chi connectivity index (χ1) is 9.54. The van der Waals surface area contributed by atoms with E-state index in [2.05, 4.69) is 41.0 Å². The van der Waals surface area contributed by atoms with Crippen molar-refractivity contribution in [3.05, 3.63) is 40.7 Å². The molecule has 2 N–H and O–H groups in total. The van der Waals surface area contributed by atoms with Gasteiger partial charge >= 0.3 is 0 Å². The van der Waals surface area contributed by atoms with Gasteiger partial charge in [-0.05, 0) is 56.1 Å². The van der Waals surface area contributed by atoms with Gasteiger partial charge in [0.2, 0.25) is 0 Å². The Hall–Kier alpha value is -1.94. The Bertz CT molecular complexity index is 664. The molecule has 0 saturated carbocycles. The van der Waals surface area contributed by atoms with Gasteiger partial charge in [-0.15, -0.1) is 0 Å². The van der Waals surface area contributed by atoms with Crippen LogP contribution >= 0.6 is 0 Å². The molecule has 1 aromatic carbocycles. The number of hydrogen-bond acceptors (Lipinski definition) is 4. The van der Waals surface area contributed by atoms with E-state index in [1.807, 2.05) is 6.92 Å². The van der Waals surface area contributed by atoms with Crippen molar-refractivity contribution in [2.75, 3.05) is 19.3 Å². The molecule has 0 saturated heterocycles. The van der Waals surface area contributed by atoms with Crippen molar-refractivity contribution in [2.24, 2.45) is 0 Å². The summed E-state index contributed by atoms with van der Waals surface area (Å²) in [6.07, 6.45) is 2.89. The fourth-order valence-electron chi connectivity index (χ4n) is 2.84. The highest BCUT2D eigenvalue weighted by Gasteiger charge is 2.17. The minimum absolute atomic E-state index is 0.503. The van der Waals surface area contributed by atoms with Gasteiger partial charge in [-0.1, -0.05) is 0 Å². The zero-order valence-electron chi connectivity index (χ0n) is 12.3.